The van der Waals surface area contributed by atoms with Gasteiger partial charge in [0.1, 0.15) is 0 Å². The van der Waals surface area contributed by atoms with Crippen molar-refractivity contribution in [1.29, 1.82) is 0 Å². The molecule has 0 spiro atoms. The molecule has 0 bridgehead atoms. The molecular formula is C13H17F3N2O. The van der Waals surface area contributed by atoms with Gasteiger partial charge in [0, 0.05) is 5.69 Å². The van der Waals surface area contributed by atoms with Gasteiger partial charge in [0.05, 0.1) is 11.6 Å². The summed E-state index contributed by atoms with van der Waals surface area (Å²) in [7, 11) is 0. The second kappa shape index (κ2) is 6.06. The van der Waals surface area contributed by atoms with E-state index in [-0.39, 0.29) is 5.92 Å². The van der Waals surface area contributed by atoms with E-state index >= 15 is 0 Å². The molecule has 3 N–H and O–H groups in total. The van der Waals surface area contributed by atoms with Crippen LogP contribution in [0.25, 0.3) is 0 Å². The first kappa shape index (κ1) is 15.5. The van der Waals surface area contributed by atoms with Crippen molar-refractivity contribution < 1.29 is 18.0 Å². The van der Waals surface area contributed by atoms with Gasteiger partial charge in [-0.1, -0.05) is 20.3 Å². The van der Waals surface area contributed by atoms with Gasteiger partial charge in [-0.25, -0.2) is 0 Å². The molecule has 19 heavy (non-hydrogen) atoms. The first-order valence-electron chi connectivity index (χ1n) is 5.99. The second-order valence-electron chi connectivity index (χ2n) is 4.48. The molecule has 1 aromatic rings. The fourth-order valence-corrected chi connectivity index (χ4v) is 1.48. The molecule has 0 radical (unpaired) electrons. The Morgan fingerprint density at radius 3 is 2.26 bits per heavy atom. The molecule has 0 aliphatic rings. The van der Waals surface area contributed by atoms with Crippen LogP contribution in [0, 0.1) is 5.92 Å². The van der Waals surface area contributed by atoms with Gasteiger partial charge in [-0.3, -0.25) is 4.79 Å². The molecule has 1 amide bonds. The Balaban J connectivity index is 2.71. The Hall–Kier alpha value is -1.56. The number of nitrogens with one attached hydrogen (secondary N) is 1. The van der Waals surface area contributed by atoms with E-state index in [0.29, 0.717) is 5.69 Å². The van der Waals surface area contributed by atoms with Crippen molar-refractivity contribution in [3.8, 4) is 0 Å². The molecule has 6 heteroatoms. The van der Waals surface area contributed by atoms with Crippen molar-refractivity contribution in [2.24, 2.45) is 11.7 Å². The number of hydrogen-bond donors (Lipinski definition) is 2. The zero-order chi connectivity index (χ0) is 14.6. The molecule has 2 atom stereocenters. The molecule has 3 nitrogen and oxygen atoms in total. The molecule has 0 fully saturated rings. The molecule has 1 unspecified atom stereocenters. The molecule has 0 aromatic heterocycles. The highest BCUT2D eigenvalue weighted by Gasteiger charge is 2.30. The Morgan fingerprint density at radius 1 is 1.32 bits per heavy atom. The van der Waals surface area contributed by atoms with Gasteiger partial charge in [-0.2, -0.15) is 13.2 Å². The lowest BCUT2D eigenvalue weighted by atomic mass is 9.99. The lowest BCUT2D eigenvalue weighted by Gasteiger charge is -2.17. The van der Waals surface area contributed by atoms with Gasteiger partial charge in [-0.05, 0) is 30.2 Å². The van der Waals surface area contributed by atoms with Crippen LogP contribution in [-0.4, -0.2) is 11.9 Å². The van der Waals surface area contributed by atoms with Crippen LogP contribution < -0.4 is 11.1 Å². The van der Waals surface area contributed by atoms with Gasteiger partial charge in [0.25, 0.3) is 0 Å². The third-order valence-electron chi connectivity index (χ3n) is 3.04. The molecule has 0 aliphatic heterocycles. The number of carbonyl (C=O) groups is 1. The van der Waals surface area contributed by atoms with E-state index in [2.05, 4.69) is 5.32 Å². The van der Waals surface area contributed by atoms with Gasteiger partial charge >= 0.3 is 6.18 Å². The average molecular weight is 274 g/mol. The van der Waals surface area contributed by atoms with Crippen LogP contribution in [-0.2, 0) is 11.0 Å². The molecular weight excluding hydrogens is 257 g/mol. The third kappa shape index (κ3) is 4.24. The van der Waals surface area contributed by atoms with Crippen molar-refractivity contribution in [3.63, 3.8) is 0 Å². The normalized spacial score (nSPS) is 14.8. The summed E-state index contributed by atoms with van der Waals surface area (Å²) in [6.45, 7) is 3.76. The number of anilines is 1. The maximum atomic E-state index is 12.4. The van der Waals surface area contributed by atoms with Crippen LogP contribution >= 0.6 is 0 Å². The summed E-state index contributed by atoms with van der Waals surface area (Å²) in [4.78, 5) is 11.7. The van der Waals surface area contributed by atoms with Crippen molar-refractivity contribution in [2.75, 3.05) is 5.32 Å². The number of benzene rings is 1. The molecule has 0 saturated heterocycles. The molecule has 1 aromatic carbocycles. The Kier molecular flexibility index (Phi) is 4.94. The van der Waals surface area contributed by atoms with E-state index in [0.717, 1.165) is 18.6 Å². The maximum Gasteiger partial charge on any atom is 0.416 e. The van der Waals surface area contributed by atoms with Gasteiger partial charge in [0.15, 0.2) is 0 Å². The lowest BCUT2D eigenvalue weighted by Crippen LogP contribution is -2.40. The minimum atomic E-state index is -4.38. The van der Waals surface area contributed by atoms with Crippen molar-refractivity contribution in [3.05, 3.63) is 29.8 Å². The molecule has 0 aliphatic carbocycles. The van der Waals surface area contributed by atoms with E-state index in [1.165, 1.54) is 12.1 Å². The van der Waals surface area contributed by atoms with Crippen LogP contribution in [0.3, 0.4) is 0 Å². The number of halogens is 3. The topological polar surface area (TPSA) is 55.1 Å². The quantitative estimate of drug-likeness (QED) is 0.886. The summed E-state index contributed by atoms with van der Waals surface area (Å²) in [6, 6.07) is 3.59. The third-order valence-corrected chi connectivity index (χ3v) is 3.04. The maximum absolute atomic E-state index is 12.4. The minimum absolute atomic E-state index is 0.00875. The van der Waals surface area contributed by atoms with Crippen LogP contribution in [0.4, 0.5) is 18.9 Å². The number of alkyl halides is 3. The minimum Gasteiger partial charge on any atom is -0.325 e. The van der Waals surface area contributed by atoms with Crippen molar-refractivity contribution in [2.45, 2.75) is 32.5 Å². The predicted molar refractivity (Wildman–Crippen MR) is 67.5 cm³/mol. The number of hydrogen-bond acceptors (Lipinski definition) is 2. The monoisotopic (exact) mass is 274 g/mol. The first-order valence-corrected chi connectivity index (χ1v) is 5.99. The van der Waals surface area contributed by atoms with E-state index in [9.17, 15) is 18.0 Å². The highest BCUT2D eigenvalue weighted by molar-refractivity contribution is 5.94. The van der Waals surface area contributed by atoms with Gasteiger partial charge in [-0.15, -0.1) is 0 Å². The average Bonchev–Trinajstić information content (AvgIpc) is 2.36. The standard InChI is InChI=1S/C13H17F3N2O/c1-3-8(2)11(17)12(19)18-10-6-4-9(5-7-10)13(14,15)16/h4-8,11H,3,17H2,1-2H3,(H,18,19)/t8?,11-/m0/s1. The summed E-state index contributed by atoms with van der Waals surface area (Å²) in [6.07, 6.45) is -3.63. The fraction of sp³-hybridized carbons (Fsp3) is 0.462. The zero-order valence-electron chi connectivity index (χ0n) is 10.8. The van der Waals surface area contributed by atoms with Crippen molar-refractivity contribution >= 4 is 11.6 Å². The fourth-order valence-electron chi connectivity index (χ4n) is 1.48. The van der Waals surface area contributed by atoms with Crippen LogP contribution in [0.1, 0.15) is 25.8 Å². The Bertz CT molecular complexity index is 429. The number of rotatable bonds is 4. The molecule has 1 rings (SSSR count). The molecule has 0 saturated carbocycles. The van der Waals surface area contributed by atoms with E-state index < -0.39 is 23.7 Å². The van der Waals surface area contributed by atoms with Gasteiger partial charge < -0.3 is 11.1 Å². The van der Waals surface area contributed by atoms with Gasteiger partial charge in [0.2, 0.25) is 5.91 Å². The Morgan fingerprint density at radius 2 is 1.84 bits per heavy atom. The smallest absolute Gasteiger partial charge is 0.325 e. The van der Waals surface area contributed by atoms with Crippen LogP contribution in [0.15, 0.2) is 24.3 Å². The number of amides is 1. The van der Waals surface area contributed by atoms with Crippen molar-refractivity contribution in [1.82, 2.24) is 0 Å². The summed E-state index contributed by atoms with van der Waals surface area (Å²) in [5, 5.41) is 2.50. The predicted octanol–water partition coefficient (Wildman–Crippen LogP) is 3.02. The molecule has 0 heterocycles. The highest BCUT2D eigenvalue weighted by Crippen LogP contribution is 2.29. The summed E-state index contributed by atoms with van der Waals surface area (Å²) in [5.41, 5.74) is 5.28. The van der Waals surface area contributed by atoms with E-state index in [4.69, 9.17) is 5.73 Å². The molecule has 106 valence electrons. The second-order valence-corrected chi connectivity index (χ2v) is 4.48. The van der Waals surface area contributed by atoms with E-state index in [1.54, 1.807) is 0 Å². The number of nitrogens with two attached hydrogens (primary N) is 1. The largest absolute Gasteiger partial charge is 0.416 e. The summed E-state index contributed by atoms with van der Waals surface area (Å²) < 4.78 is 37.1. The first-order chi connectivity index (χ1) is 8.75. The Labute approximate surface area is 110 Å². The summed E-state index contributed by atoms with van der Waals surface area (Å²) >= 11 is 0. The number of carbonyl (C=O) groups excluding carboxylic acids is 1. The van der Waals surface area contributed by atoms with Crippen LogP contribution in [0.5, 0.6) is 0 Å². The van der Waals surface area contributed by atoms with E-state index in [1.807, 2.05) is 13.8 Å². The highest BCUT2D eigenvalue weighted by atomic mass is 19.4. The zero-order valence-corrected chi connectivity index (χ0v) is 10.8. The lowest BCUT2D eigenvalue weighted by molar-refractivity contribution is -0.137. The SMILES string of the molecule is CCC(C)[C@H](N)C(=O)Nc1ccc(C(F)(F)F)cc1. The summed E-state index contributed by atoms with van der Waals surface area (Å²) in [5.74, 6) is -0.386. The van der Waals surface area contributed by atoms with Crippen LogP contribution in [0.2, 0.25) is 0 Å².